The van der Waals surface area contributed by atoms with E-state index in [9.17, 15) is 18.0 Å². The number of nitrogens with zero attached hydrogens (tertiary/aromatic N) is 1. The molecule has 0 saturated carbocycles. The lowest BCUT2D eigenvalue weighted by Gasteiger charge is -2.11. The molecule has 0 bridgehead atoms. The van der Waals surface area contributed by atoms with E-state index in [1.54, 1.807) is 24.3 Å². The Labute approximate surface area is 136 Å². The maximum Gasteiger partial charge on any atom is 0.416 e. The number of carbonyl (C=O) groups excluding carboxylic acids is 1. The molecule has 24 heavy (non-hydrogen) atoms. The van der Waals surface area contributed by atoms with Crippen molar-refractivity contribution in [3.05, 3.63) is 59.7 Å². The number of anilines is 2. The van der Waals surface area contributed by atoms with Crippen LogP contribution in [-0.2, 0) is 17.4 Å². The summed E-state index contributed by atoms with van der Waals surface area (Å²) in [4.78, 5) is 11.8. The van der Waals surface area contributed by atoms with E-state index < -0.39 is 11.7 Å². The number of benzene rings is 2. The Hall–Kier alpha value is -3.01. The van der Waals surface area contributed by atoms with Gasteiger partial charge >= 0.3 is 6.18 Å². The summed E-state index contributed by atoms with van der Waals surface area (Å²) in [5.74, 6) is -0.388. The van der Waals surface area contributed by atoms with Crippen molar-refractivity contribution >= 4 is 17.3 Å². The van der Waals surface area contributed by atoms with Gasteiger partial charge in [0.1, 0.15) is 0 Å². The van der Waals surface area contributed by atoms with Crippen LogP contribution in [0.4, 0.5) is 24.5 Å². The van der Waals surface area contributed by atoms with Crippen molar-refractivity contribution < 1.29 is 18.0 Å². The van der Waals surface area contributed by atoms with Gasteiger partial charge in [0.2, 0.25) is 5.91 Å². The highest BCUT2D eigenvalue weighted by molar-refractivity contribution is 5.93. The molecule has 0 unspecified atom stereocenters. The molecule has 0 aliphatic rings. The molecule has 0 fully saturated rings. The Morgan fingerprint density at radius 2 is 1.79 bits per heavy atom. The zero-order chi connectivity index (χ0) is 17.6. The normalized spacial score (nSPS) is 10.8. The average Bonchev–Trinajstić information content (AvgIpc) is 2.55. The monoisotopic (exact) mass is 333 g/mol. The molecule has 2 aromatic rings. The van der Waals surface area contributed by atoms with Crippen molar-refractivity contribution in [2.75, 3.05) is 17.2 Å². The lowest BCUT2D eigenvalue weighted by molar-refractivity contribution is -0.137. The molecule has 1 amide bonds. The van der Waals surface area contributed by atoms with Gasteiger partial charge in [-0.2, -0.15) is 18.4 Å². The van der Waals surface area contributed by atoms with E-state index in [0.717, 1.165) is 17.7 Å². The molecule has 4 nitrogen and oxygen atoms in total. The van der Waals surface area contributed by atoms with E-state index >= 15 is 0 Å². The Balaban J connectivity index is 1.90. The summed E-state index contributed by atoms with van der Waals surface area (Å²) in [5.41, 5.74) is 0.815. The van der Waals surface area contributed by atoms with Gasteiger partial charge in [-0.25, -0.2) is 0 Å². The molecule has 0 aliphatic carbocycles. The molecule has 7 heteroatoms. The number of alkyl halides is 3. The van der Waals surface area contributed by atoms with Crippen molar-refractivity contribution in [3.63, 3.8) is 0 Å². The average molecular weight is 333 g/mol. The van der Waals surface area contributed by atoms with Crippen molar-refractivity contribution in [3.8, 4) is 6.07 Å². The minimum atomic E-state index is -4.43. The zero-order valence-electron chi connectivity index (χ0n) is 12.5. The van der Waals surface area contributed by atoms with Crippen LogP contribution in [0, 0.1) is 11.3 Å². The molecule has 2 aromatic carbocycles. The number of rotatable bonds is 5. The number of carbonyl (C=O) groups is 1. The molecule has 124 valence electrons. The third kappa shape index (κ3) is 5.02. The molecule has 0 aromatic heterocycles. The maximum atomic E-state index is 12.6. The Bertz CT molecular complexity index is 749. The highest BCUT2D eigenvalue weighted by Crippen LogP contribution is 2.30. The molecular formula is C17H14F3N3O. The summed E-state index contributed by atoms with van der Waals surface area (Å²) in [5, 5.41) is 13.9. The third-order valence-corrected chi connectivity index (χ3v) is 3.16. The van der Waals surface area contributed by atoms with Crippen LogP contribution < -0.4 is 10.6 Å². The SMILES string of the molecule is N#CCc1ccc(NC(=O)CNc2cccc(C(F)(F)F)c2)cc1. The number of nitrogens with one attached hydrogen (secondary N) is 2. The smallest absolute Gasteiger partial charge is 0.376 e. The molecule has 0 spiro atoms. The van der Waals surface area contributed by atoms with Gasteiger partial charge in [-0.1, -0.05) is 18.2 Å². The van der Waals surface area contributed by atoms with Gasteiger partial charge in [0.25, 0.3) is 0 Å². The van der Waals surface area contributed by atoms with Crippen LogP contribution in [0.1, 0.15) is 11.1 Å². The topological polar surface area (TPSA) is 64.9 Å². The number of halogens is 3. The first kappa shape index (κ1) is 17.3. The van der Waals surface area contributed by atoms with Crippen molar-refractivity contribution in [2.24, 2.45) is 0 Å². The van der Waals surface area contributed by atoms with Gasteiger partial charge in [0, 0.05) is 11.4 Å². The van der Waals surface area contributed by atoms with Gasteiger partial charge < -0.3 is 10.6 Å². The van der Waals surface area contributed by atoms with Crippen molar-refractivity contribution in [1.29, 1.82) is 5.26 Å². The van der Waals surface area contributed by atoms with Crippen LogP contribution in [0.2, 0.25) is 0 Å². The Morgan fingerprint density at radius 1 is 1.08 bits per heavy atom. The van der Waals surface area contributed by atoms with E-state index in [0.29, 0.717) is 5.69 Å². The van der Waals surface area contributed by atoms with Gasteiger partial charge in [0.15, 0.2) is 0 Å². The van der Waals surface area contributed by atoms with Crippen LogP contribution >= 0.6 is 0 Å². The van der Waals surface area contributed by atoms with Gasteiger partial charge in [0.05, 0.1) is 24.6 Å². The molecule has 2 rings (SSSR count). The van der Waals surface area contributed by atoms with Crippen molar-refractivity contribution in [1.82, 2.24) is 0 Å². The Morgan fingerprint density at radius 3 is 2.42 bits per heavy atom. The molecule has 0 radical (unpaired) electrons. The standard InChI is InChI=1S/C17H14F3N3O/c18-17(19,20)13-2-1-3-15(10-13)22-11-16(24)23-14-6-4-12(5-7-14)8-9-21/h1-7,10,22H,8,11H2,(H,23,24). The lowest BCUT2D eigenvalue weighted by Crippen LogP contribution is -2.21. The fourth-order valence-electron chi connectivity index (χ4n) is 1.99. The second kappa shape index (κ2) is 7.51. The molecule has 0 heterocycles. The molecule has 0 aliphatic heterocycles. The fourth-order valence-corrected chi connectivity index (χ4v) is 1.99. The summed E-state index contributed by atoms with van der Waals surface area (Å²) in [7, 11) is 0. The minimum absolute atomic E-state index is 0.165. The highest BCUT2D eigenvalue weighted by atomic mass is 19.4. The van der Waals surface area contributed by atoms with Crippen LogP contribution in [0.5, 0.6) is 0 Å². The summed E-state index contributed by atoms with van der Waals surface area (Å²) in [6.07, 6.45) is -4.14. The summed E-state index contributed by atoms with van der Waals surface area (Å²) < 4.78 is 37.8. The third-order valence-electron chi connectivity index (χ3n) is 3.16. The largest absolute Gasteiger partial charge is 0.416 e. The fraction of sp³-hybridized carbons (Fsp3) is 0.176. The summed E-state index contributed by atoms with van der Waals surface area (Å²) >= 11 is 0. The van der Waals surface area contributed by atoms with Crippen molar-refractivity contribution in [2.45, 2.75) is 12.6 Å². The molecule has 2 N–H and O–H groups in total. The van der Waals surface area contributed by atoms with Crippen LogP contribution in [-0.4, -0.2) is 12.5 Å². The molecular weight excluding hydrogens is 319 g/mol. The lowest BCUT2D eigenvalue weighted by atomic mass is 10.1. The number of hydrogen-bond acceptors (Lipinski definition) is 3. The predicted octanol–water partition coefficient (Wildman–Crippen LogP) is 3.82. The number of hydrogen-bond donors (Lipinski definition) is 2. The minimum Gasteiger partial charge on any atom is -0.376 e. The Kier molecular flexibility index (Phi) is 5.42. The first-order chi connectivity index (χ1) is 11.4. The quantitative estimate of drug-likeness (QED) is 0.874. The predicted molar refractivity (Wildman–Crippen MR) is 84.3 cm³/mol. The van der Waals surface area contributed by atoms with Crippen LogP contribution in [0.15, 0.2) is 48.5 Å². The van der Waals surface area contributed by atoms with E-state index in [2.05, 4.69) is 10.6 Å². The van der Waals surface area contributed by atoms with Crippen LogP contribution in [0.25, 0.3) is 0 Å². The maximum absolute atomic E-state index is 12.6. The second-order valence-corrected chi connectivity index (χ2v) is 5.01. The first-order valence-electron chi connectivity index (χ1n) is 7.05. The number of nitriles is 1. The van der Waals surface area contributed by atoms with E-state index in [-0.39, 0.29) is 24.6 Å². The van der Waals surface area contributed by atoms with E-state index in [4.69, 9.17) is 5.26 Å². The van der Waals surface area contributed by atoms with Gasteiger partial charge in [-0.05, 0) is 35.9 Å². The van der Waals surface area contributed by atoms with Crippen LogP contribution in [0.3, 0.4) is 0 Å². The number of amides is 1. The van der Waals surface area contributed by atoms with E-state index in [1.807, 2.05) is 6.07 Å². The summed E-state index contributed by atoms with van der Waals surface area (Å²) in [6, 6.07) is 13.4. The van der Waals surface area contributed by atoms with Gasteiger partial charge in [-0.15, -0.1) is 0 Å². The summed E-state index contributed by atoms with van der Waals surface area (Å²) in [6.45, 7) is -0.165. The zero-order valence-corrected chi connectivity index (χ0v) is 12.5. The van der Waals surface area contributed by atoms with Gasteiger partial charge in [-0.3, -0.25) is 4.79 Å². The van der Waals surface area contributed by atoms with E-state index in [1.165, 1.54) is 12.1 Å². The second-order valence-electron chi connectivity index (χ2n) is 5.01. The first-order valence-corrected chi connectivity index (χ1v) is 7.05. The molecule has 0 saturated heterocycles. The molecule has 0 atom stereocenters. The highest BCUT2D eigenvalue weighted by Gasteiger charge is 2.30.